The number of likely N-dealkylation sites (tertiary alicyclic amines) is 1. The Balaban J connectivity index is 1.36. The number of urea groups is 1. The highest BCUT2D eigenvalue weighted by Crippen LogP contribution is 2.51. The van der Waals surface area contributed by atoms with Crippen LogP contribution in [-0.4, -0.2) is 63.0 Å². The minimum atomic E-state index is -4.86. The Labute approximate surface area is 231 Å². The fraction of sp³-hybridized carbons (Fsp3) is 0.552. The molecule has 2 aromatic carbocycles. The van der Waals surface area contributed by atoms with Gasteiger partial charge < -0.3 is 24.8 Å². The number of benzene rings is 2. The largest absolute Gasteiger partial charge is 0.493 e. The van der Waals surface area contributed by atoms with Crippen LogP contribution >= 0.6 is 0 Å². The van der Waals surface area contributed by atoms with E-state index in [2.05, 4.69) is 27.7 Å². The molecule has 1 aliphatic carbocycles. The van der Waals surface area contributed by atoms with Gasteiger partial charge in [0.2, 0.25) is 0 Å². The summed E-state index contributed by atoms with van der Waals surface area (Å²) in [6.07, 6.45) is 0.104. The zero-order chi connectivity index (χ0) is 28.5. The van der Waals surface area contributed by atoms with Crippen LogP contribution in [0.15, 0.2) is 36.4 Å². The molecule has 0 radical (unpaired) electrons. The number of nitrogens with zero attached hydrogens (tertiary/aromatic N) is 1. The van der Waals surface area contributed by atoms with Gasteiger partial charge in [0, 0.05) is 36.8 Å². The summed E-state index contributed by atoms with van der Waals surface area (Å²) in [5, 5.41) is 5.19. The highest BCUT2D eigenvalue weighted by molar-refractivity contribution is 5.89. The van der Waals surface area contributed by atoms with Gasteiger partial charge in [-0.1, -0.05) is 12.1 Å². The van der Waals surface area contributed by atoms with E-state index in [1.165, 1.54) is 5.56 Å². The highest BCUT2D eigenvalue weighted by Gasteiger charge is 2.53. The van der Waals surface area contributed by atoms with E-state index in [-0.39, 0.29) is 17.5 Å². The van der Waals surface area contributed by atoms with Crippen LogP contribution in [0.1, 0.15) is 49.7 Å². The molecule has 1 saturated carbocycles. The summed E-state index contributed by atoms with van der Waals surface area (Å²) in [4.78, 5) is 15.4. The Morgan fingerprint density at radius 1 is 1.05 bits per heavy atom. The Hall–Kier alpha value is -3.05. The summed E-state index contributed by atoms with van der Waals surface area (Å²) in [5.74, 6) is -0.171. The normalized spacial score (nSPS) is 25.8. The monoisotopic (exact) mass is 565 g/mol. The minimum absolute atomic E-state index is 0.123. The lowest BCUT2D eigenvalue weighted by Crippen LogP contribution is -2.55. The third-order valence-corrected chi connectivity index (χ3v) is 8.81. The number of methoxy groups -OCH3 is 2. The maximum atomic E-state index is 14.5. The zero-order valence-corrected chi connectivity index (χ0v) is 22.7. The first-order chi connectivity index (χ1) is 19.2. The van der Waals surface area contributed by atoms with Crippen molar-refractivity contribution in [1.29, 1.82) is 0 Å². The molecule has 0 unspecified atom stereocenters. The maximum absolute atomic E-state index is 14.5. The number of halogens is 4. The van der Waals surface area contributed by atoms with Gasteiger partial charge in [-0.2, -0.15) is 13.2 Å². The van der Waals surface area contributed by atoms with E-state index in [0.717, 1.165) is 44.4 Å². The van der Waals surface area contributed by atoms with Gasteiger partial charge in [-0.15, -0.1) is 0 Å². The van der Waals surface area contributed by atoms with Gasteiger partial charge >= 0.3 is 12.2 Å². The quantitative estimate of drug-likeness (QED) is 0.438. The molecular formula is C29H35F4N3O4. The van der Waals surface area contributed by atoms with Crippen molar-refractivity contribution >= 4 is 11.7 Å². The van der Waals surface area contributed by atoms with Crippen molar-refractivity contribution in [3.63, 3.8) is 0 Å². The third-order valence-electron chi connectivity index (χ3n) is 8.81. The summed E-state index contributed by atoms with van der Waals surface area (Å²) in [6.45, 7) is 2.34. The maximum Gasteiger partial charge on any atom is 0.419 e. The van der Waals surface area contributed by atoms with E-state index >= 15 is 0 Å². The molecule has 2 N–H and O–H groups in total. The van der Waals surface area contributed by atoms with Crippen molar-refractivity contribution in [3.05, 3.63) is 53.3 Å². The van der Waals surface area contributed by atoms with E-state index < -0.39 is 29.3 Å². The van der Waals surface area contributed by atoms with E-state index in [1.807, 2.05) is 6.07 Å². The average molecular weight is 566 g/mol. The summed E-state index contributed by atoms with van der Waals surface area (Å²) in [6, 6.07) is 8.46. The Morgan fingerprint density at radius 2 is 1.80 bits per heavy atom. The summed E-state index contributed by atoms with van der Waals surface area (Å²) in [7, 11) is 3.22. The molecule has 3 aliphatic rings. The third kappa shape index (κ3) is 5.45. The van der Waals surface area contributed by atoms with Gasteiger partial charge in [-0.05, 0) is 74.9 Å². The first-order valence-corrected chi connectivity index (χ1v) is 13.7. The first-order valence-electron chi connectivity index (χ1n) is 13.7. The molecule has 2 aliphatic heterocycles. The van der Waals surface area contributed by atoms with Gasteiger partial charge in [0.15, 0.2) is 17.3 Å². The molecule has 7 nitrogen and oxygen atoms in total. The number of ether oxygens (including phenoxy) is 3. The average Bonchev–Trinajstić information content (AvgIpc) is 3.33. The number of carbonyl (C=O) groups is 1. The molecule has 40 heavy (non-hydrogen) atoms. The number of amides is 2. The highest BCUT2D eigenvalue weighted by atomic mass is 19.4. The second kappa shape index (κ2) is 11.4. The SMILES string of the molecule is COc1ccc([C@@]23CC[C@H](NC(=O)Nc4cccc(C(F)(F)F)c4F)C[C@H]2N(C2CCOCC2)CC3)cc1OC. The van der Waals surface area contributed by atoms with E-state index in [1.54, 1.807) is 14.2 Å². The molecule has 11 heteroatoms. The Kier molecular flexibility index (Phi) is 8.15. The predicted molar refractivity (Wildman–Crippen MR) is 141 cm³/mol. The number of alkyl halides is 3. The van der Waals surface area contributed by atoms with Crippen molar-refractivity contribution in [2.45, 2.75) is 68.2 Å². The molecule has 0 spiro atoms. The van der Waals surface area contributed by atoms with Gasteiger partial charge in [0.1, 0.15) is 0 Å². The molecule has 2 aromatic rings. The molecule has 3 atom stereocenters. The minimum Gasteiger partial charge on any atom is -0.493 e. The molecule has 5 rings (SSSR count). The van der Waals surface area contributed by atoms with E-state index in [4.69, 9.17) is 14.2 Å². The van der Waals surface area contributed by atoms with Crippen LogP contribution in [-0.2, 0) is 16.3 Å². The molecule has 0 aromatic heterocycles. The Morgan fingerprint density at radius 3 is 2.50 bits per heavy atom. The lowest BCUT2D eigenvalue weighted by atomic mass is 9.65. The van der Waals surface area contributed by atoms with Crippen LogP contribution in [0.3, 0.4) is 0 Å². The van der Waals surface area contributed by atoms with Crippen molar-refractivity contribution in [1.82, 2.24) is 10.2 Å². The van der Waals surface area contributed by atoms with Gasteiger partial charge in [-0.25, -0.2) is 9.18 Å². The van der Waals surface area contributed by atoms with Gasteiger partial charge in [-0.3, -0.25) is 4.90 Å². The number of fused-ring (bicyclic) bond motifs is 1. The van der Waals surface area contributed by atoms with Crippen molar-refractivity contribution in [3.8, 4) is 11.5 Å². The van der Waals surface area contributed by atoms with Crippen molar-refractivity contribution in [2.75, 3.05) is 39.3 Å². The smallest absolute Gasteiger partial charge is 0.419 e. The van der Waals surface area contributed by atoms with Crippen molar-refractivity contribution in [2.24, 2.45) is 0 Å². The molecular weight excluding hydrogens is 530 g/mol. The van der Waals surface area contributed by atoms with Crippen LogP contribution in [0.2, 0.25) is 0 Å². The lowest BCUT2D eigenvalue weighted by molar-refractivity contribution is -0.139. The van der Waals surface area contributed by atoms with Crippen LogP contribution in [0.5, 0.6) is 11.5 Å². The number of nitrogens with one attached hydrogen (secondary N) is 2. The molecule has 2 amide bonds. The fourth-order valence-corrected chi connectivity index (χ4v) is 6.84. The zero-order valence-electron chi connectivity index (χ0n) is 22.7. The molecule has 3 fully saturated rings. The Bertz CT molecular complexity index is 1220. The van der Waals surface area contributed by atoms with Crippen LogP contribution in [0.25, 0.3) is 0 Å². The first kappa shape index (κ1) is 28.5. The fourth-order valence-electron chi connectivity index (χ4n) is 6.84. The van der Waals surface area contributed by atoms with Crippen molar-refractivity contribution < 1.29 is 36.6 Å². The molecule has 0 bridgehead atoms. The summed E-state index contributed by atoms with van der Waals surface area (Å²) < 4.78 is 70.5. The summed E-state index contributed by atoms with van der Waals surface area (Å²) in [5.41, 5.74) is -0.911. The second-order valence-electron chi connectivity index (χ2n) is 10.8. The van der Waals surface area contributed by atoms with E-state index in [0.29, 0.717) is 49.7 Å². The molecule has 2 saturated heterocycles. The van der Waals surface area contributed by atoms with Gasteiger partial charge in [0.25, 0.3) is 0 Å². The number of rotatable bonds is 6. The lowest BCUT2D eigenvalue weighted by Gasteiger charge is -2.47. The van der Waals surface area contributed by atoms with Crippen LogP contribution in [0.4, 0.5) is 28.0 Å². The van der Waals surface area contributed by atoms with Crippen LogP contribution in [0, 0.1) is 5.82 Å². The van der Waals surface area contributed by atoms with E-state index in [9.17, 15) is 22.4 Å². The predicted octanol–water partition coefficient (Wildman–Crippen LogP) is 5.73. The van der Waals surface area contributed by atoms with Gasteiger partial charge in [0.05, 0.1) is 25.5 Å². The standard InChI is InChI=1S/C29H35F4N3O4/c1-38-23-7-6-18(16-24(23)39-2)28-11-8-19(17-25(28)36(13-12-28)20-9-14-40-15-10-20)34-27(37)35-22-5-3-4-21(26(22)30)29(31,32)33/h3-7,16,19-20,25H,8-15,17H2,1-2H3,(H2,34,35,37)/t19-,25+,28-/m0/s1. The number of carbonyl (C=O) groups excluding carboxylic acids is 1. The second-order valence-corrected chi connectivity index (χ2v) is 10.8. The van der Waals surface area contributed by atoms with Crippen LogP contribution < -0.4 is 20.1 Å². The number of hydrogen-bond acceptors (Lipinski definition) is 5. The molecule has 2 heterocycles. The summed E-state index contributed by atoms with van der Waals surface area (Å²) >= 11 is 0. The number of anilines is 1. The number of hydrogen-bond donors (Lipinski definition) is 2. The molecule has 218 valence electrons. The topological polar surface area (TPSA) is 72.1 Å².